The average Bonchev–Trinajstić information content (AvgIpc) is 2.44. The Morgan fingerprint density at radius 3 is 2.78 bits per heavy atom. The topological polar surface area (TPSA) is 121 Å². The quantitative estimate of drug-likeness (QED) is 0.626. The van der Waals surface area contributed by atoms with Gasteiger partial charge in [0.1, 0.15) is 5.69 Å². The number of aromatic amines is 2. The predicted octanol–water partition coefficient (Wildman–Crippen LogP) is 0.696. The molecule has 0 radical (unpaired) electrons. The van der Waals surface area contributed by atoms with E-state index in [9.17, 15) is 14.4 Å². The number of nitrogens with zero attached hydrogens (tertiary/aromatic N) is 3. The van der Waals surface area contributed by atoms with Gasteiger partial charge in [-0.2, -0.15) is 5.10 Å². The van der Waals surface area contributed by atoms with Crippen LogP contribution in [0.1, 0.15) is 42.0 Å². The summed E-state index contributed by atoms with van der Waals surface area (Å²) >= 11 is 1.23. The van der Waals surface area contributed by atoms with Crippen molar-refractivity contribution in [3.05, 3.63) is 44.0 Å². The number of aromatic nitrogens is 5. The third kappa shape index (κ3) is 3.39. The average molecular weight is 333 g/mol. The van der Waals surface area contributed by atoms with Crippen molar-refractivity contribution in [1.82, 2.24) is 25.1 Å². The summed E-state index contributed by atoms with van der Waals surface area (Å²) in [7, 11) is 0. The fraction of sp³-hybridized carbons (Fsp3) is 0.429. The number of carbonyl (C=O) groups excluding carboxylic acids is 1. The zero-order valence-electron chi connectivity index (χ0n) is 12.7. The maximum absolute atomic E-state index is 12.1. The third-order valence-electron chi connectivity index (χ3n) is 3.55. The van der Waals surface area contributed by atoms with Gasteiger partial charge in [-0.1, -0.05) is 25.6 Å². The van der Waals surface area contributed by atoms with Gasteiger partial charge in [0.2, 0.25) is 0 Å². The summed E-state index contributed by atoms with van der Waals surface area (Å²) in [6.07, 6.45) is 2.75. The Hall–Kier alpha value is -2.29. The van der Waals surface area contributed by atoms with Gasteiger partial charge in [-0.25, -0.2) is 19.9 Å². The third-order valence-corrected chi connectivity index (χ3v) is 4.42. The van der Waals surface area contributed by atoms with E-state index in [-0.39, 0.29) is 22.6 Å². The number of hydrogen-bond acceptors (Lipinski definition) is 7. The molecule has 0 atom stereocenters. The number of nitrogens with one attached hydrogen (secondary N) is 2. The second-order valence-electron chi connectivity index (χ2n) is 6.20. The number of hydrogen-bond donors (Lipinski definition) is 2. The van der Waals surface area contributed by atoms with Crippen LogP contribution in [0.25, 0.3) is 0 Å². The SMILES string of the molecule is CC1(C)CC(=O)c2cnc(SCc3n[nH]c(=O)[nH]c3=O)nc2C1. The van der Waals surface area contributed by atoms with Crippen molar-refractivity contribution in [3.63, 3.8) is 0 Å². The molecule has 120 valence electrons. The molecule has 2 heterocycles. The molecule has 1 aliphatic carbocycles. The second-order valence-corrected chi connectivity index (χ2v) is 7.14. The van der Waals surface area contributed by atoms with Gasteiger partial charge in [0.15, 0.2) is 10.9 Å². The highest BCUT2D eigenvalue weighted by Gasteiger charge is 2.32. The summed E-state index contributed by atoms with van der Waals surface area (Å²) in [4.78, 5) is 45.3. The Morgan fingerprint density at radius 2 is 2.04 bits per heavy atom. The Labute approximate surface area is 135 Å². The minimum atomic E-state index is -0.644. The first-order valence-corrected chi connectivity index (χ1v) is 8.02. The van der Waals surface area contributed by atoms with Gasteiger partial charge in [-0.05, 0) is 11.8 Å². The Balaban J connectivity index is 1.81. The number of rotatable bonds is 3. The molecule has 0 bridgehead atoms. The van der Waals surface area contributed by atoms with Crippen molar-refractivity contribution < 1.29 is 4.79 Å². The Morgan fingerprint density at radius 1 is 1.26 bits per heavy atom. The summed E-state index contributed by atoms with van der Waals surface area (Å²) in [5, 5.41) is 6.36. The fourth-order valence-electron chi connectivity index (χ4n) is 2.48. The largest absolute Gasteiger partial charge is 0.342 e. The van der Waals surface area contributed by atoms with Crippen LogP contribution in [0.4, 0.5) is 0 Å². The van der Waals surface area contributed by atoms with E-state index < -0.39 is 11.2 Å². The zero-order valence-corrected chi connectivity index (χ0v) is 13.5. The highest BCUT2D eigenvalue weighted by atomic mass is 32.2. The van der Waals surface area contributed by atoms with Crippen molar-refractivity contribution in [1.29, 1.82) is 0 Å². The summed E-state index contributed by atoms with van der Waals surface area (Å²) in [5.74, 6) is 0.286. The molecule has 2 aromatic rings. The highest BCUT2D eigenvalue weighted by Crippen LogP contribution is 2.34. The number of fused-ring (bicyclic) bond motifs is 1. The molecule has 9 heteroatoms. The standard InChI is InChI=1S/C14H15N5O3S/c1-14(2)3-8-7(10(20)4-14)5-15-13(16-8)23-6-9-11(21)17-12(22)19-18-9/h5H,3-4,6H2,1-2H3,(H2,17,19,21,22). The normalized spacial score (nSPS) is 16.2. The second kappa shape index (κ2) is 5.73. The van der Waals surface area contributed by atoms with E-state index in [1.54, 1.807) is 6.20 Å². The van der Waals surface area contributed by atoms with Crippen LogP contribution in [0.15, 0.2) is 20.9 Å². The molecule has 0 saturated carbocycles. The molecule has 0 amide bonds. The van der Waals surface area contributed by atoms with Crippen LogP contribution in [-0.4, -0.2) is 30.9 Å². The van der Waals surface area contributed by atoms with E-state index in [1.165, 1.54) is 11.8 Å². The van der Waals surface area contributed by atoms with E-state index >= 15 is 0 Å². The van der Waals surface area contributed by atoms with Crippen LogP contribution in [0, 0.1) is 5.41 Å². The molecule has 8 nitrogen and oxygen atoms in total. The van der Waals surface area contributed by atoms with Gasteiger partial charge in [-0.3, -0.25) is 14.6 Å². The molecule has 2 aromatic heterocycles. The van der Waals surface area contributed by atoms with Crippen LogP contribution >= 0.6 is 11.8 Å². The molecule has 3 rings (SSSR count). The number of H-pyrrole nitrogens is 2. The first kappa shape index (κ1) is 15.6. The molecule has 0 saturated heterocycles. The van der Waals surface area contributed by atoms with E-state index in [2.05, 4.69) is 25.1 Å². The van der Waals surface area contributed by atoms with Crippen LogP contribution in [-0.2, 0) is 12.2 Å². The smallest absolute Gasteiger partial charge is 0.294 e. The minimum Gasteiger partial charge on any atom is -0.294 e. The van der Waals surface area contributed by atoms with Crippen molar-refractivity contribution in [2.24, 2.45) is 5.41 Å². The summed E-state index contributed by atoms with van der Waals surface area (Å²) < 4.78 is 0. The van der Waals surface area contributed by atoms with Crippen molar-refractivity contribution in [2.75, 3.05) is 0 Å². The lowest BCUT2D eigenvalue weighted by Gasteiger charge is -2.29. The number of carbonyl (C=O) groups is 1. The molecule has 2 N–H and O–H groups in total. The predicted molar refractivity (Wildman–Crippen MR) is 83.5 cm³/mol. The van der Waals surface area contributed by atoms with Crippen molar-refractivity contribution >= 4 is 17.5 Å². The number of thioether (sulfide) groups is 1. The van der Waals surface area contributed by atoms with Crippen LogP contribution in [0.2, 0.25) is 0 Å². The van der Waals surface area contributed by atoms with Gasteiger partial charge in [-0.15, -0.1) is 0 Å². The molecular formula is C14H15N5O3S. The lowest BCUT2D eigenvalue weighted by Crippen LogP contribution is -2.28. The number of Topliss-reactive ketones (excluding diaryl/α,β-unsaturated/α-hetero) is 1. The summed E-state index contributed by atoms with van der Waals surface area (Å²) in [6.45, 7) is 4.07. The first-order chi connectivity index (χ1) is 10.8. The molecule has 0 aliphatic heterocycles. The molecular weight excluding hydrogens is 318 g/mol. The highest BCUT2D eigenvalue weighted by molar-refractivity contribution is 7.98. The van der Waals surface area contributed by atoms with Crippen molar-refractivity contribution in [3.8, 4) is 0 Å². The summed E-state index contributed by atoms with van der Waals surface area (Å²) in [6, 6.07) is 0. The summed E-state index contributed by atoms with van der Waals surface area (Å²) in [5.41, 5.74) is 0.219. The molecule has 0 unspecified atom stereocenters. The van der Waals surface area contributed by atoms with Crippen molar-refractivity contribution in [2.45, 2.75) is 37.6 Å². The minimum absolute atomic E-state index is 0.0616. The molecule has 23 heavy (non-hydrogen) atoms. The maximum Gasteiger partial charge on any atom is 0.342 e. The van der Waals surface area contributed by atoms with E-state index in [4.69, 9.17) is 0 Å². The van der Waals surface area contributed by atoms with Crippen LogP contribution in [0.3, 0.4) is 0 Å². The van der Waals surface area contributed by atoms with E-state index in [0.717, 1.165) is 5.69 Å². The zero-order chi connectivity index (χ0) is 16.6. The fourth-order valence-corrected chi connectivity index (χ4v) is 3.25. The van der Waals surface area contributed by atoms with E-state index in [0.29, 0.717) is 23.6 Å². The van der Waals surface area contributed by atoms with Crippen LogP contribution < -0.4 is 11.2 Å². The van der Waals surface area contributed by atoms with Gasteiger partial charge in [0, 0.05) is 12.6 Å². The Kier molecular flexibility index (Phi) is 3.88. The lowest BCUT2D eigenvalue weighted by molar-refractivity contribution is 0.0909. The monoisotopic (exact) mass is 333 g/mol. The molecule has 0 fully saturated rings. The van der Waals surface area contributed by atoms with Crippen LogP contribution in [0.5, 0.6) is 0 Å². The molecule has 0 spiro atoms. The van der Waals surface area contributed by atoms with Gasteiger partial charge in [0.05, 0.1) is 17.0 Å². The Bertz CT molecular complexity index is 886. The van der Waals surface area contributed by atoms with E-state index in [1.807, 2.05) is 13.8 Å². The lowest BCUT2D eigenvalue weighted by atomic mass is 9.76. The van der Waals surface area contributed by atoms with Gasteiger partial charge < -0.3 is 0 Å². The first-order valence-electron chi connectivity index (χ1n) is 7.04. The maximum atomic E-state index is 12.1. The number of ketones is 1. The molecule has 0 aromatic carbocycles. The molecule has 1 aliphatic rings. The van der Waals surface area contributed by atoms with Gasteiger partial charge in [0.25, 0.3) is 5.56 Å². The van der Waals surface area contributed by atoms with Gasteiger partial charge >= 0.3 is 5.69 Å².